The topological polar surface area (TPSA) is 47.4 Å². The Kier molecular flexibility index (Phi) is 6.00. The van der Waals surface area contributed by atoms with E-state index in [0.717, 1.165) is 30.8 Å². The zero-order valence-corrected chi connectivity index (χ0v) is 16.2. The molecule has 5 nitrogen and oxygen atoms in total. The molecule has 4 rings (SSSR count). The fourth-order valence-corrected chi connectivity index (χ4v) is 3.64. The van der Waals surface area contributed by atoms with E-state index in [2.05, 4.69) is 17.1 Å². The second-order valence-corrected chi connectivity index (χ2v) is 7.29. The molecule has 1 amide bonds. The van der Waals surface area contributed by atoms with Gasteiger partial charge in [0.25, 0.3) is 5.91 Å². The van der Waals surface area contributed by atoms with Crippen molar-refractivity contribution < 1.29 is 13.9 Å². The molecule has 0 N–H and O–H groups in total. The first kappa shape index (κ1) is 19.3. The SMILES string of the molecule is O=C(c1cccc(F)c1)N(Cc1nccn1Cc1ccccc1)CC1CCCO1. The summed E-state index contributed by atoms with van der Waals surface area (Å²) in [5.74, 6) is 0.157. The summed E-state index contributed by atoms with van der Waals surface area (Å²) in [6, 6.07) is 15.9. The molecule has 150 valence electrons. The van der Waals surface area contributed by atoms with Crippen molar-refractivity contribution >= 4 is 5.91 Å². The van der Waals surface area contributed by atoms with Crippen molar-refractivity contribution in [3.63, 3.8) is 0 Å². The number of imidazole rings is 1. The van der Waals surface area contributed by atoms with E-state index in [1.54, 1.807) is 23.2 Å². The van der Waals surface area contributed by atoms with Crippen molar-refractivity contribution in [1.29, 1.82) is 0 Å². The van der Waals surface area contributed by atoms with Gasteiger partial charge in [0.1, 0.15) is 11.6 Å². The number of hydrogen-bond donors (Lipinski definition) is 0. The summed E-state index contributed by atoms with van der Waals surface area (Å²) in [6.45, 7) is 2.20. The molecule has 1 aliphatic rings. The lowest BCUT2D eigenvalue weighted by Crippen LogP contribution is -2.37. The molecule has 1 unspecified atom stereocenters. The van der Waals surface area contributed by atoms with Crippen molar-refractivity contribution in [3.05, 3.63) is 89.8 Å². The summed E-state index contributed by atoms with van der Waals surface area (Å²) in [6.07, 6.45) is 5.58. The van der Waals surface area contributed by atoms with Gasteiger partial charge in [0.2, 0.25) is 0 Å². The fourth-order valence-electron chi connectivity index (χ4n) is 3.64. The van der Waals surface area contributed by atoms with Gasteiger partial charge in [-0.1, -0.05) is 36.4 Å². The number of hydrogen-bond acceptors (Lipinski definition) is 3. The number of nitrogens with zero attached hydrogens (tertiary/aromatic N) is 3. The number of amides is 1. The van der Waals surface area contributed by atoms with E-state index in [-0.39, 0.29) is 12.0 Å². The molecule has 2 aromatic carbocycles. The highest BCUT2D eigenvalue weighted by Crippen LogP contribution is 2.18. The van der Waals surface area contributed by atoms with Crippen LogP contribution < -0.4 is 0 Å². The maximum Gasteiger partial charge on any atom is 0.254 e. The molecule has 0 spiro atoms. The van der Waals surface area contributed by atoms with Gasteiger partial charge >= 0.3 is 0 Å². The summed E-state index contributed by atoms with van der Waals surface area (Å²) < 4.78 is 21.4. The fraction of sp³-hybridized carbons (Fsp3) is 0.304. The normalized spacial score (nSPS) is 16.1. The van der Waals surface area contributed by atoms with E-state index >= 15 is 0 Å². The van der Waals surface area contributed by atoms with Crippen LogP contribution in [0.25, 0.3) is 0 Å². The number of rotatable bonds is 7. The molecule has 1 aromatic heterocycles. The van der Waals surface area contributed by atoms with Gasteiger partial charge in [-0.05, 0) is 36.6 Å². The highest BCUT2D eigenvalue weighted by Gasteiger charge is 2.25. The largest absolute Gasteiger partial charge is 0.376 e. The second kappa shape index (κ2) is 9.01. The molecule has 3 aromatic rings. The number of halogens is 1. The first-order chi connectivity index (χ1) is 14.2. The summed E-state index contributed by atoms with van der Waals surface area (Å²) in [5, 5.41) is 0. The van der Waals surface area contributed by atoms with Crippen LogP contribution in [0.2, 0.25) is 0 Å². The lowest BCUT2D eigenvalue weighted by atomic mass is 10.1. The van der Waals surface area contributed by atoms with Gasteiger partial charge in [-0.3, -0.25) is 4.79 Å². The minimum atomic E-state index is -0.418. The van der Waals surface area contributed by atoms with E-state index in [1.807, 2.05) is 29.0 Å². The maximum atomic E-state index is 13.7. The number of carbonyl (C=O) groups excluding carboxylic acids is 1. The van der Waals surface area contributed by atoms with E-state index in [4.69, 9.17) is 4.74 Å². The average molecular weight is 393 g/mol. The Hall–Kier alpha value is -2.99. The van der Waals surface area contributed by atoms with Crippen molar-refractivity contribution in [2.45, 2.75) is 32.0 Å². The Labute approximate surface area is 169 Å². The van der Waals surface area contributed by atoms with E-state index in [9.17, 15) is 9.18 Å². The first-order valence-electron chi connectivity index (χ1n) is 9.89. The third-order valence-corrected chi connectivity index (χ3v) is 5.14. The molecule has 2 heterocycles. The zero-order chi connectivity index (χ0) is 20.1. The zero-order valence-electron chi connectivity index (χ0n) is 16.2. The van der Waals surface area contributed by atoms with Gasteiger partial charge in [-0.25, -0.2) is 9.37 Å². The Morgan fingerprint density at radius 3 is 2.83 bits per heavy atom. The number of benzene rings is 2. The van der Waals surface area contributed by atoms with Crippen LogP contribution in [0.1, 0.15) is 34.6 Å². The number of aromatic nitrogens is 2. The highest BCUT2D eigenvalue weighted by atomic mass is 19.1. The van der Waals surface area contributed by atoms with E-state index in [1.165, 1.54) is 12.1 Å². The van der Waals surface area contributed by atoms with Crippen molar-refractivity contribution in [3.8, 4) is 0 Å². The molecule has 0 aliphatic carbocycles. The molecule has 1 saturated heterocycles. The van der Waals surface area contributed by atoms with Crippen LogP contribution in [0.5, 0.6) is 0 Å². The molecular weight excluding hydrogens is 369 g/mol. The number of ether oxygens (including phenoxy) is 1. The molecule has 1 aliphatic heterocycles. The molecule has 1 atom stereocenters. The Morgan fingerprint density at radius 1 is 1.21 bits per heavy atom. The molecule has 0 bridgehead atoms. The molecule has 6 heteroatoms. The molecule has 0 saturated carbocycles. The molecule has 29 heavy (non-hydrogen) atoms. The van der Waals surface area contributed by atoms with Gasteiger partial charge in [-0.2, -0.15) is 0 Å². The van der Waals surface area contributed by atoms with Gasteiger partial charge < -0.3 is 14.2 Å². The maximum absolute atomic E-state index is 13.7. The van der Waals surface area contributed by atoms with Crippen molar-refractivity contribution in [1.82, 2.24) is 14.5 Å². The molecular formula is C23H24FN3O2. The highest BCUT2D eigenvalue weighted by molar-refractivity contribution is 5.94. The third kappa shape index (κ3) is 4.90. The van der Waals surface area contributed by atoms with Gasteiger partial charge in [0, 0.05) is 37.7 Å². The van der Waals surface area contributed by atoms with Crippen LogP contribution in [0.4, 0.5) is 4.39 Å². The van der Waals surface area contributed by atoms with Crippen LogP contribution in [0, 0.1) is 5.82 Å². The second-order valence-electron chi connectivity index (χ2n) is 7.29. The van der Waals surface area contributed by atoms with Crippen LogP contribution >= 0.6 is 0 Å². The minimum Gasteiger partial charge on any atom is -0.376 e. The summed E-state index contributed by atoms with van der Waals surface area (Å²) in [5.41, 5.74) is 1.50. The predicted molar refractivity (Wildman–Crippen MR) is 108 cm³/mol. The minimum absolute atomic E-state index is 0.00467. The van der Waals surface area contributed by atoms with Gasteiger partial charge in [0.05, 0.1) is 12.6 Å². The average Bonchev–Trinajstić information content (AvgIpc) is 3.40. The van der Waals surface area contributed by atoms with Crippen LogP contribution in [0.15, 0.2) is 67.0 Å². The standard InChI is InChI=1S/C23H24FN3O2/c24-20-9-4-8-19(14-20)23(28)27(16-21-10-5-13-29-21)17-22-25-11-12-26(22)15-18-6-2-1-3-7-18/h1-4,6-9,11-12,14,21H,5,10,13,15-17H2. The summed E-state index contributed by atoms with van der Waals surface area (Å²) in [4.78, 5) is 19.3. The quantitative estimate of drug-likeness (QED) is 0.612. The predicted octanol–water partition coefficient (Wildman–Crippen LogP) is 3.89. The van der Waals surface area contributed by atoms with Crippen molar-refractivity contribution in [2.75, 3.05) is 13.2 Å². The lowest BCUT2D eigenvalue weighted by molar-refractivity contribution is 0.0498. The molecule has 1 fully saturated rings. The summed E-state index contributed by atoms with van der Waals surface area (Å²) in [7, 11) is 0. The van der Waals surface area contributed by atoms with Crippen LogP contribution in [-0.2, 0) is 17.8 Å². The van der Waals surface area contributed by atoms with Crippen LogP contribution in [-0.4, -0.2) is 39.6 Å². The lowest BCUT2D eigenvalue weighted by Gasteiger charge is -2.25. The third-order valence-electron chi connectivity index (χ3n) is 5.14. The van der Waals surface area contributed by atoms with Gasteiger partial charge in [-0.15, -0.1) is 0 Å². The monoisotopic (exact) mass is 393 g/mol. The Bertz CT molecular complexity index is 952. The first-order valence-corrected chi connectivity index (χ1v) is 9.89. The smallest absolute Gasteiger partial charge is 0.254 e. The molecule has 0 radical (unpaired) electrons. The van der Waals surface area contributed by atoms with E-state index in [0.29, 0.717) is 25.2 Å². The van der Waals surface area contributed by atoms with Gasteiger partial charge in [0.15, 0.2) is 0 Å². The number of carbonyl (C=O) groups is 1. The Morgan fingerprint density at radius 2 is 2.07 bits per heavy atom. The summed E-state index contributed by atoms with van der Waals surface area (Å²) >= 11 is 0. The van der Waals surface area contributed by atoms with Crippen LogP contribution in [0.3, 0.4) is 0 Å². The Balaban J connectivity index is 1.55. The van der Waals surface area contributed by atoms with Crippen molar-refractivity contribution in [2.24, 2.45) is 0 Å². The van der Waals surface area contributed by atoms with E-state index < -0.39 is 5.82 Å².